The molecule has 0 saturated carbocycles. The molecule has 0 aliphatic heterocycles. The van der Waals surface area contributed by atoms with E-state index in [-0.39, 0.29) is 11.6 Å². The number of fused-ring (bicyclic) bond motifs is 1. The first-order valence-corrected chi connectivity index (χ1v) is 6.75. The zero-order valence-corrected chi connectivity index (χ0v) is 11.6. The Kier molecular flexibility index (Phi) is 3.11. The average Bonchev–Trinajstić information content (AvgIpc) is 2.47. The maximum absolute atomic E-state index is 12.7. The minimum absolute atomic E-state index is 0.0180. The smallest absolute Gasteiger partial charge is 0.261 e. The number of nitrogens with zero attached hydrogens (tertiary/aromatic N) is 2. The summed E-state index contributed by atoms with van der Waals surface area (Å²) in [6.07, 6.45) is 0. The van der Waals surface area contributed by atoms with Gasteiger partial charge in [0.2, 0.25) is 0 Å². The fourth-order valence-electron chi connectivity index (χ4n) is 2.42. The summed E-state index contributed by atoms with van der Waals surface area (Å²) in [4.78, 5) is 17.4. The highest BCUT2D eigenvalue weighted by molar-refractivity contribution is 5.79. The Bertz CT molecular complexity index is 804. The van der Waals surface area contributed by atoms with E-state index >= 15 is 0 Å². The van der Waals surface area contributed by atoms with E-state index in [9.17, 15) is 4.79 Å². The summed E-state index contributed by atoms with van der Waals surface area (Å²) >= 11 is 0. The number of benzene rings is 2. The van der Waals surface area contributed by atoms with Gasteiger partial charge in [-0.05, 0) is 26.0 Å². The van der Waals surface area contributed by atoms with E-state index < -0.39 is 0 Å². The van der Waals surface area contributed by atoms with E-state index in [2.05, 4.69) is 0 Å². The van der Waals surface area contributed by atoms with Crippen LogP contribution in [0.3, 0.4) is 0 Å². The maximum Gasteiger partial charge on any atom is 0.261 e. The van der Waals surface area contributed by atoms with Crippen molar-refractivity contribution in [3.05, 3.63) is 65.0 Å². The van der Waals surface area contributed by atoms with E-state index in [1.165, 1.54) is 0 Å². The molecule has 0 saturated heterocycles. The normalized spacial score (nSPS) is 11.2. The third-order valence-electron chi connectivity index (χ3n) is 3.36. The molecule has 0 fully saturated rings. The van der Waals surface area contributed by atoms with Crippen LogP contribution in [0, 0.1) is 0 Å². The molecule has 0 aliphatic rings. The van der Waals surface area contributed by atoms with Gasteiger partial charge in [0.25, 0.3) is 5.56 Å². The van der Waals surface area contributed by atoms with Gasteiger partial charge in [0, 0.05) is 11.6 Å². The SMILES string of the molecule is CC(C)n1c(-c2ccccc2)nc2ccccc2c1=O. The Balaban J connectivity index is 2.42. The molecule has 100 valence electrons. The van der Waals surface area contributed by atoms with E-state index in [1.807, 2.05) is 68.4 Å². The summed E-state index contributed by atoms with van der Waals surface area (Å²) in [6.45, 7) is 4.01. The second-order valence-electron chi connectivity index (χ2n) is 5.09. The molecule has 0 N–H and O–H groups in total. The van der Waals surface area contributed by atoms with Gasteiger partial charge in [-0.1, -0.05) is 42.5 Å². The van der Waals surface area contributed by atoms with Gasteiger partial charge in [0.1, 0.15) is 5.82 Å². The molecule has 20 heavy (non-hydrogen) atoms. The Morgan fingerprint density at radius 2 is 1.60 bits per heavy atom. The van der Waals surface area contributed by atoms with Gasteiger partial charge in [0.15, 0.2) is 0 Å². The van der Waals surface area contributed by atoms with E-state index in [0.717, 1.165) is 16.9 Å². The van der Waals surface area contributed by atoms with Crippen molar-refractivity contribution in [2.75, 3.05) is 0 Å². The molecule has 2 aromatic carbocycles. The maximum atomic E-state index is 12.7. The van der Waals surface area contributed by atoms with Crippen LogP contribution in [0.1, 0.15) is 19.9 Å². The molecule has 1 aromatic heterocycles. The monoisotopic (exact) mass is 264 g/mol. The first-order chi connectivity index (χ1) is 9.68. The third kappa shape index (κ3) is 2.01. The van der Waals surface area contributed by atoms with Crippen molar-refractivity contribution in [3.8, 4) is 11.4 Å². The first kappa shape index (κ1) is 12.6. The number of hydrogen-bond donors (Lipinski definition) is 0. The summed E-state index contributed by atoms with van der Waals surface area (Å²) in [5.74, 6) is 0.726. The van der Waals surface area contributed by atoms with Crippen LogP contribution in [0.15, 0.2) is 59.4 Å². The summed E-state index contributed by atoms with van der Waals surface area (Å²) in [5.41, 5.74) is 1.72. The zero-order valence-electron chi connectivity index (χ0n) is 11.6. The van der Waals surface area contributed by atoms with Crippen molar-refractivity contribution in [1.29, 1.82) is 0 Å². The van der Waals surface area contributed by atoms with Crippen molar-refractivity contribution in [1.82, 2.24) is 9.55 Å². The van der Waals surface area contributed by atoms with Crippen LogP contribution in [0.2, 0.25) is 0 Å². The van der Waals surface area contributed by atoms with Crippen molar-refractivity contribution < 1.29 is 0 Å². The minimum atomic E-state index is 0.0180. The molecule has 0 radical (unpaired) electrons. The summed E-state index contributed by atoms with van der Waals surface area (Å²) in [6, 6.07) is 17.4. The van der Waals surface area contributed by atoms with E-state index in [4.69, 9.17) is 4.98 Å². The number of rotatable bonds is 2. The summed E-state index contributed by atoms with van der Waals surface area (Å²) in [7, 11) is 0. The highest BCUT2D eigenvalue weighted by Crippen LogP contribution is 2.21. The van der Waals surface area contributed by atoms with Gasteiger partial charge < -0.3 is 0 Å². The molecular weight excluding hydrogens is 248 g/mol. The lowest BCUT2D eigenvalue weighted by atomic mass is 10.1. The number of para-hydroxylation sites is 1. The van der Waals surface area contributed by atoms with Crippen molar-refractivity contribution in [3.63, 3.8) is 0 Å². The van der Waals surface area contributed by atoms with Crippen LogP contribution in [0.25, 0.3) is 22.3 Å². The number of hydrogen-bond acceptors (Lipinski definition) is 2. The van der Waals surface area contributed by atoms with Crippen LogP contribution in [0.4, 0.5) is 0 Å². The van der Waals surface area contributed by atoms with Gasteiger partial charge in [-0.3, -0.25) is 9.36 Å². The molecule has 3 heteroatoms. The topological polar surface area (TPSA) is 34.9 Å². The molecule has 0 bridgehead atoms. The van der Waals surface area contributed by atoms with Crippen molar-refractivity contribution >= 4 is 10.9 Å². The van der Waals surface area contributed by atoms with Crippen LogP contribution in [0.5, 0.6) is 0 Å². The Morgan fingerprint density at radius 1 is 0.950 bits per heavy atom. The largest absolute Gasteiger partial charge is 0.290 e. The molecule has 0 unspecified atom stereocenters. The van der Waals surface area contributed by atoms with Gasteiger partial charge >= 0.3 is 0 Å². The highest BCUT2D eigenvalue weighted by atomic mass is 16.1. The summed E-state index contributed by atoms with van der Waals surface area (Å²) in [5, 5.41) is 0.667. The van der Waals surface area contributed by atoms with Crippen LogP contribution >= 0.6 is 0 Å². The second-order valence-corrected chi connectivity index (χ2v) is 5.09. The molecule has 0 aliphatic carbocycles. The molecule has 1 heterocycles. The fraction of sp³-hybridized carbons (Fsp3) is 0.176. The lowest BCUT2D eigenvalue weighted by Crippen LogP contribution is -2.25. The lowest BCUT2D eigenvalue weighted by molar-refractivity contribution is 0.581. The minimum Gasteiger partial charge on any atom is -0.290 e. The fourth-order valence-corrected chi connectivity index (χ4v) is 2.42. The van der Waals surface area contributed by atoms with Crippen molar-refractivity contribution in [2.24, 2.45) is 0 Å². The second kappa shape index (κ2) is 4.93. The molecule has 0 amide bonds. The Hall–Kier alpha value is -2.42. The molecule has 3 rings (SSSR count). The summed E-state index contributed by atoms with van der Waals surface area (Å²) < 4.78 is 1.76. The Morgan fingerprint density at radius 3 is 2.30 bits per heavy atom. The van der Waals surface area contributed by atoms with Crippen LogP contribution in [-0.4, -0.2) is 9.55 Å². The average molecular weight is 264 g/mol. The molecule has 0 atom stereocenters. The van der Waals surface area contributed by atoms with Gasteiger partial charge in [-0.25, -0.2) is 4.98 Å². The van der Waals surface area contributed by atoms with Gasteiger partial charge in [0.05, 0.1) is 10.9 Å². The molecule has 3 aromatic rings. The Labute approximate surface area is 117 Å². The quantitative estimate of drug-likeness (QED) is 0.708. The van der Waals surface area contributed by atoms with Crippen molar-refractivity contribution in [2.45, 2.75) is 19.9 Å². The molecule has 0 spiro atoms. The van der Waals surface area contributed by atoms with Crippen LogP contribution in [-0.2, 0) is 0 Å². The standard InChI is InChI=1S/C17H16N2O/c1-12(2)19-16(13-8-4-3-5-9-13)18-15-11-7-6-10-14(15)17(19)20/h3-12H,1-2H3. The van der Waals surface area contributed by atoms with Crippen LogP contribution < -0.4 is 5.56 Å². The first-order valence-electron chi connectivity index (χ1n) is 6.75. The third-order valence-corrected chi connectivity index (χ3v) is 3.36. The van der Waals surface area contributed by atoms with Gasteiger partial charge in [-0.2, -0.15) is 0 Å². The van der Waals surface area contributed by atoms with E-state index in [0.29, 0.717) is 5.39 Å². The number of aromatic nitrogens is 2. The molecule has 3 nitrogen and oxygen atoms in total. The van der Waals surface area contributed by atoms with Gasteiger partial charge in [-0.15, -0.1) is 0 Å². The highest BCUT2D eigenvalue weighted by Gasteiger charge is 2.14. The predicted octanol–water partition coefficient (Wildman–Crippen LogP) is 3.64. The predicted molar refractivity (Wildman–Crippen MR) is 81.8 cm³/mol. The van der Waals surface area contributed by atoms with E-state index in [1.54, 1.807) is 4.57 Å². The lowest BCUT2D eigenvalue weighted by Gasteiger charge is -2.16. The molecular formula is C17H16N2O. The zero-order chi connectivity index (χ0) is 14.1.